The Labute approximate surface area is 166 Å². The number of hydrogen-bond acceptors (Lipinski definition) is 5. The van der Waals surface area contributed by atoms with E-state index in [2.05, 4.69) is 24.4 Å². The molecule has 2 rings (SSSR count). The lowest BCUT2D eigenvalue weighted by atomic mass is 10.1. The van der Waals surface area contributed by atoms with Gasteiger partial charge in [-0.15, -0.1) is 0 Å². The summed E-state index contributed by atoms with van der Waals surface area (Å²) in [5.74, 6) is 0.970. The fourth-order valence-electron chi connectivity index (χ4n) is 2.32. The average Bonchev–Trinajstić information content (AvgIpc) is 2.65. The highest BCUT2D eigenvalue weighted by molar-refractivity contribution is 7.90. The molecule has 150 valence electrons. The van der Waals surface area contributed by atoms with Gasteiger partial charge in [0.2, 0.25) is 0 Å². The number of nitrogens with one attached hydrogen (secondary N) is 1. The highest BCUT2D eigenvalue weighted by Gasteiger charge is 2.08. The third-order valence-corrected chi connectivity index (χ3v) is 5.23. The van der Waals surface area contributed by atoms with Gasteiger partial charge < -0.3 is 4.74 Å². The minimum atomic E-state index is -3.24. The van der Waals surface area contributed by atoms with Crippen molar-refractivity contribution in [2.24, 2.45) is 11.0 Å². The minimum Gasteiger partial charge on any atom is -0.494 e. The van der Waals surface area contributed by atoms with Gasteiger partial charge in [0, 0.05) is 11.8 Å². The Bertz CT molecular complexity index is 931. The van der Waals surface area contributed by atoms with Crippen LogP contribution in [-0.2, 0) is 9.84 Å². The van der Waals surface area contributed by atoms with Crippen LogP contribution < -0.4 is 10.2 Å². The van der Waals surface area contributed by atoms with E-state index in [-0.39, 0.29) is 10.8 Å². The maximum Gasteiger partial charge on any atom is 0.271 e. The molecule has 0 atom stereocenters. The first-order valence-corrected chi connectivity index (χ1v) is 10.9. The number of hydrogen-bond donors (Lipinski definition) is 1. The quantitative estimate of drug-likeness (QED) is 0.539. The summed E-state index contributed by atoms with van der Waals surface area (Å²) in [7, 11) is -3.24. The number of carbonyl (C=O) groups excluding carboxylic acids is 1. The first-order chi connectivity index (χ1) is 13.2. The molecule has 1 N–H and O–H groups in total. The zero-order valence-electron chi connectivity index (χ0n) is 16.6. The number of nitrogens with zero attached hydrogens (tertiary/aromatic N) is 1. The van der Waals surface area contributed by atoms with Crippen molar-refractivity contribution in [3.05, 3.63) is 59.7 Å². The van der Waals surface area contributed by atoms with E-state index >= 15 is 0 Å². The van der Waals surface area contributed by atoms with Crippen molar-refractivity contribution < 1.29 is 17.9 Å². The Balaban J connectivity index is 1.96. The number of rotatable bonds is 8. The first-order valence-electron chi connectivity index (χ1n) is 9.05. The zero-order chi connectivity index (χ0) is 20.7. The van der Waals surface area contributed by atoms with Gasteiger partial charge in [-0.05, 0) is 61.2 Å². The van der Waals surface area contributed by atoms with Crippen LogP contribution in [0.15, 0.2) is 58.5 Å². The largest absolute Gasteiger partial charge is 0.494 e. The van der Waals surface area contributed by atoms with E-state index in [9.17, 15) is 13.2 Å². The summed E-state index contributed by atoms with van der Waals surface area (Å²) >= 11 is 0. The van der Waals surface area contributed by atoms with Crippen molar-refractivity contribution in [3.63, 3.8) is 0 Å². The maximum atomic E-state index is 12.2. The second-order valence-electron chi connectivity index (χ2n) is 6.99. The summed E-state index contributed by atoms with van der Waals surface area (Å²) in [4.78, 5) is 12.5. The van der Waals surface area contributed by atoms with Crippen molar-refractivity contribution in [1.29, 1.82) is 0 Å². The predicted molar refractivity (Wildman–Crippen MR) is 111 cm³/mol. The van der Waals surface area contributed by atoms with E-state index in [1.807, 2.05) is 0 Å². The Morgan fingerprint density at radius 2 is 1.61 bits per heavy atom. The van der Waals surface area contributed by atoms with Crippen LogP contribution in [0.5, 0.6) is 5.75 Å². The number of benzene rings is 2. The topological polar surface area (TPSA) is 84.8 Å². The molecule has 7 heteroatoms. The van der Waals surface area contributed by atoms with Gasteiger partial charge in [-0.25, -0.2) is 13.8 Å². The second kappa shape index (κ2) is 9.50. The molecule has 0 saturated carbocycles. The molecule has 0 aliphatic carbocycles. The molecule has 6 nitrogen and oxygen atoms in total. The predicted octanol–water partition coefficient (Wildman–Crippen LogP) is 3.67. The number of sulfone groups is 1. The highest BCUT2D eigenvalue weighted by atomic mass is 32.2. The standard InChI is InChI=1S/C21H26N2O4S/c1-15(2)13-14-27-19-9-5-18(6-10-19)21(24)23-22-16(3)17-7-11-20(12-8-17)28(4,25)26/h5-12,15H,13-14H2,1-4H3,(H,23,24)/b22-16-. The normalized spacial score (nSPS) is 12.1. The van der Waals surface area contributed by atoms with Crippen LogP contribution in [0.4, 0.5) is 0 Å². The van der Waals surface area contributed by atoms with Gasteiger partial charge in [0.05, 0.1) is 17.2 Å². The highest BCUT2D eigenvalue weighted by Crippen LogP contribution is 2.14. The molecule has 0 heterocycles. The Morgan fingerprint density at radius 3 is 2.14 bits per heavy atom. The summed E-state index contributed by atoms with van der Waals surface area (Å²) in [6.07, 6.45) is 2.13. The smallest absolute Gasteiger partial charge is 0.271 e. The summed E-state index contributed by atoms with van der Waals surface area (Å²) < 4.78 is 28.6. The van der Waals surface area contributed by atoms with Crippen LogP contribution in [-0.4, -0.2) is 32.9 Å². The molecule has 2 aromatic rings. The van der Waals surface area contributed by atoms with E-state index in [0.717, 1.165) is 24.0 Å². The lowest BCUT2D eigenvalue weighted by Gasteiger charge is -2.08. The van der Waals surface area contributed by atoms with Gasteiger partial charge >= 0.3 is 0 Å². The van der Waals surface area contributed by atoms with Crippen molar-refractivity contribution >= 4 is 21.5 Å². The molecule has 0 fully saturated rings. The van der Waals surface area contributed by atoms with Crippen LogP contribution in [0.2, 0.25) is 0 Å². The Morgan fingerprint density at radius 1 is 1.04 bits per heavy atom. The van der Waals surface area contributed by atoms with E-state index in [1.165, 1.54) is 12.1 Å². The molecule has 28 heavy (non-hydrogen) atoms. The van der Waals surface area contributed by atoms with Crippen LogP contribution in [0, 0.1) is 5.92 Å². The molecule has 0 unspecified atom stereocenters. The van der Waals surface area contributed by atoms with Crippen LogP contribution in [0.3, 0.4) is 0 Å². The molecule has 0 aliphatic heterocycles. The second-order valence-corrected chi connectivity index (χ2v) is 9.01. The number of ether oxygens (including phenoxy) is 1. The van der Waals surface area contributed by atoms with Gasteiger partial charge in [-0.2, -0.15) is 5.10 Å². The van der Waals surface area contributed by atoms with E-state index < -0.39 is 9.84 Å². The molecular weight excluding hydrogens is 376 g/mol. The Hall–Kier alpha value is -2.67. The van der Waals surface area contributed by atoms with Crippen molar-refractivity contribution in [3.8, 4) is 5.75 Å². The van der Waals surface area contributed by atoms with Gasteiger partial charge in [-0.1, -0.05) is 26.0 Å². The molecule has 2 aromatic carbocycles. The van der Waals surface area contributed by atoms with Crippen molar-refractivity contribution in [2.75, 3.05) is 12.9 Å². The van der Waals surface area contributed by atoms with E-state index in [0.29, 0.717) is 23.8 Å². The molecule has 0 saturated heterocycles. The number of hydrazone groups is 1. The maximum absolute atomic E-state index is 12.2. The summed E-state index contributed by atoms with van der Waals surface area (Å²) in [6, 6.07) is 13.2. The zero-order valence-corrected chi connectivity index (χ0v) is 17.4. The van der Waals surface area contributed by atoms with Crippen LogP contribution >= 0.6 is 0 Å². The van der Waals surface area contributed by atoms with E-state index in [4.69, 9.17) is 4.74 Å². The first kappa shape index (κ1) is 21.6. The van der Waals surface area contributed by atoms with Crippen LogP contribution in [0.1, 0.15) is 43.1 Å². The van der Waals surface area contributed by atoms with Gasteiger partial charge in [0.25, 0.3) is 5.91 Å². The fraction of sp³-hybridized carbons (Fsp3) is 0.333. The summed E-state index contributed by atoms with van der Waals surface area (Å²) in [6.45, 7) is 6.66. The molecule has 0 aliphatic rings. The lowest BCUT2D eigenvalue weighted by molar-refractivity contribution is 0.0955. The Kier molecular flexibility index (Phi) is 7.34. The molecule has 0 aromatic heterocycles. The van der Waals surface area contributed by atoms with Gasteiger partial charge in [0.15, 0.2) is 9.84 Å². The molecule has 0 spiro atoms. The molecule has 0 radical (unpaired) electrons. The van der Waals surface area contributed by atoms with Crippen molar-refractivity contribution in [2.45, 2.75) is 32.1 Å². The SMILES string of the molecule is C/C(=N/NC(=O)c1ccc(OCCC(C)C)cc1)c1ccc(S(C)(=O)=O)cc1. The van der Waals surface area contributed by atoms with Crippen molar-refractivity contribution in [1.82, 2.24) is 5.43 Å². The summed E-state index contributed by atoms with van der Waals surface area (Å²) in [5, 5.41) is 4.09. The third kappa shape index (κ3) is 6.49. The minimum absolute atomic E-state index is 0.240. The summed E-state index contributed by atoms with van der Waals surface area (Å²) in [5.41, 5.74) is 4.28. The lowest BCUT2D eigenvalue weighted by Crippen LogP contribution is -2.19. The number of amides is 1. The third-order valence-electron chi connectivity index (χ3n) is 4.11. The average molecular weight is 403 g/mol. The molecule has 0 bridgehead atoms. The van der Waals surface area contributed by atoms with E-state index in [1.54, 1.807) is 43.3 Å². The number of carbonyl (C=O) groups is 1. The monoisotopic (exact) mass is 402 g/mol. The molecule has 1 amide bonds. The molecular formula is C21H26N2O4S. The van der Waals surface area contributed by atoms with Crippen LogP contribution in [0.25, 0.3) is 0 Å². The van der Waals surface area contributed by atoms with Gasteiger partial charge in [-0.3, -0.25) is 4.79 Å². The van der Waals surface area contributed by atoms with Gasteiger partial charge in [0.1, 0.15) is 5.75 Å². The fourth-order valence-corrected chi connectivity index (χ4v) is 2.95.